The molecule has 226 valence electrons. The number of aromatic nitrogens is 1. The molecular weight excluding hydrogens is 578 g/mol. The topological polar surface area (TPSA) is 116 Å². The number of phenolic OH excluding ortho intramolecular Hbond substituents is 1. The van der Waals surface area contributed by atoms with Gasteiger partial charge in [0.2, 0.25) is 5.91 Å². The van der Waals surface area contributed by atoms with E-state index in [-0.39, 0.29) is 63.6 Å². The number of halogens is 3. The second-order valence-corrected chi connectivity index (χ2v) is 11.4. The van der Waals surface area contributed by atoms with Crippen LogP contribution in [0.1, 0.15) is 36.8 Å². The number of pyridine rings is 1. The molecule has 3 heterocycles. The van der Waals surface area contributed by atoms with Crippen LogP contribution in [0.25, 0.3) is 11.1 Å². The van der Waals surface area contributed by atoms with Gasteiger partial charge in [0, 0.05) is 44.5 Å². The van der Waals surface area contributed by atoms with Crippen molar-refractivity contribution in [3.8, 4) is 16.9 Å². The number of likely N-dealkylation sites (N-methyl/N-ethyl adjacent to an activating group) is 1. The number of carbonyl (C=O) groups is 1. The summed E-state index contributed by atoms with van der Waals surface area (Å²) in [6.07, 6.45) is 1.75. The van der Waals surface area contributed by atoms with E-state index in [0.717, 1.165) is 6.07 Å². The molecule has 1 saturated heterocycles. The zero-order valence-electron chi connectivity index (χ0n) is 24.3. The molecule has 3 atom stereocenters. The van der Waals surface area contributed by atoms with Crippen molar-refractivity contribution < 1.29 is 23.8 Å². The van der Waals surface area contributed by atoms with E-state index in [0.29, 0.717) is 24.3 Å². The maximum Gasteiger partial charge on any atom is 0.246 e. The molecule has 3 unspecified atom stereocenters. The second-order valence-electron chi connectivity index (χ2n) is 11.0. The van der Waals surface area contributed by atoms with Crippen LogP contribution in [0.15, 0.2) is 43.1 Å². The molecule has 0 radical (unpaired) electrons. The fourth-order valence-corrected chi connectivity index (χ4v) is 6.54. The number of rotatable bonds is 5. The molecule has 9 nitrogen and oxygen atoms in total. The Morgan fingerprint density at radius 2 is 1.93 bits per heavy atom. The molecule has 2 aliphatic rings. The lowest BCUT2D eigenvalue weighted by Crippen LogP contribution is -2.62. The monoisotopic (exact) mass is 610 g/mol. The van der Waals surface area contributed by atoms with Gasteiger partial charge in [-0.2, -0.15) is 0 Å². The number of aliphatic hydroxyl groups excluding tert-OH is 1. The van der Waals surface area contributed by atoms with Crippen LogP contribution in [0.2, 0.25) is 5.02 Å². The SMILES string of the molecule is C=CC(=O)N1CC(C)N2C(=N)c3c(Nc4c(C)ccnc4C(C)O)c(F)c(-c4c(O)cccc4F)c(Cl)c3N(C)CC2C1. The molecule has 3 aromatic rings. The molecule has 4 N–H and O–H groups in total. The van der Waals surface area contributed by atoms with Crippen LogP contribution in [0.3, 0.4) is 0 Å². The van der Waals surface area contributed by atoms with Crippen molar-refractivity contribution in [2.24, 2.45) is 0 Å². The number of benzene rings is 2. The molecule has 2 aliphatic heterocycles. The molecule has 1 amide bonds. The first kappa shape index (κ1) is 30.2. The highest BCUT2D eigenvalue weighted by molar-refractivity contribution is 6.38. The molecule has 5 rings (SSSR count). The van der Waals surface area contributed by atoms with Gasteiger partial charge in [-0.3, -0.25) is 15.2 Å². The Balaban J connectivity index is 1.81. The van der Waals surface area contributed by atoms with Crippen molar-refractivity contribution in [2.45, 2.75) is 39.0 Å². The molecule has 12 heteroatoms. The zero-order chi connectivity index (χ0) is 31.3. The molecular formula is C31H33ClF2N6O3. The number of aromatic hydroxyl groups is 1. The minimum absolute atomic E-state index is 0.0460. The summed E-state index contributed by atoms with van der Waals surface area (Å²) < 4.78 is 32.2. The van der Waals surface area contributed by atoms with Crippen molar-refractivity contribution in [1.82, 2.24) is 14.8 Å². The summed E-state index contributed by atoms with van der Waals surface area (Å²) >= 11 is 6.93. The van der Waals surface area contributed by atoms with E-state index in [1.807, 2.05) is 11.8 Å². The Labute approximate surface area is 253 Å². The van der Waals surface area contributed by atoms with E-state index in [4.69, 9.17) is 11.6 Å². The highest BCUT2D eigenvalue weighted by atomic mass is 35.5. The highest BCUT2D eigenvalue weighted by Crippen LogP contribution is 2.50. The van der Waals surface area contributed by atoms with Gasteiger partial charge in [0.05, 0.1) is 51.1 Å². The number of aryl methyl sites for hydroxylation is 1. The maximum atomic E-state index is 17.0. The number of hydrogen-bond donors (Lipinski definition) is 4. The minimum Gasteiger partial charge on any atom is -0.507 e. The van der Waals surface area contributed by atoms with Gasteiger partial charge < -0.3 is 30.2 Å². The maximum absolute atomic E-state index is 17.0. The lowest BCUT2D eigenvalue weighted by Gasteiger charge is -2.46. The quantitative estimate of drug-likeness (QED) is 0.288. The Morgan fingerprint density at radius 1 is 1.21 bits per heavy atom. The third-order valence-electron chi connectivity index (χ3n) is 8.06. The van der Waals surface area contributed by atoms with Gasteiger partial charge in [-0.15, -0.1) is 0 Å². The van der Waals surface area contributed by atoms with Crippen molar-refractivity contribution in [2.75, 3.05) is 36.9 Å². The summed E-state index contributed by atoms with van der Waals surface area (Å²) in [6.45, 7) is 9.66. The van der Waals surface area contributed by atoms with Crippen molar-refractivity contribution >= 4 is 40.4 Å². The number of aliphatic hydroxyl groups is 1. The summed E-state index contributed by atoms with van der Waals surface area (Å²) in [5, 5.41) is 33.5. The number of phenols is 1. The Hall–Kier alpha value is -4.22. The third-order valence-corrected chi connectivity index (χ3v) is 8.43. The molecule has 43 heavy (non-hydrogen) atoms. The van der Waals surface area contributed by atoms with E-state index < -0.39 is 29.1 Å². The predicted octanol–water partition coefficient (Wildman–Crippen LogP) is 5.35. The van der Waals surface area contributed by atoms with E-state index in [1.54, 1.807) is 29.8 Å². The summed E-state index contributed by atoms with van der Waals surface area (Å²) in [6, 6.07) is 4.63. The first-order chi connectivity index (χ1) is 20.4. The van der Waals surface area contributed by atoms with Crippen LogP contribution in [-0.2, 0) is 4.79 Å². The zero-order valence-corrected chi connectivity index (χ0v) is 25.0. The Kier molecular flexibility index (Phi) is 8.06. The van der Waals surface area contributed by atoms with Crippen LogP contribution in [0.5, 0.6) is 5.75 Å². The minimum atomic E-state index is -1.02. The second kappa shape index (κ2) is 11.5. The molecule has 0 spiro atoms. The Morgan fingerprint density at radius 3 is 2.58 bits per heavy atom. The van der Waals surface area contributed by atoms with E-state index in [2.05, 4.69) is 16.9 Å². The Bertz CT molecular complexity index is 1630. The first-order valence-corrected chi connectivity index (χ1v) is 14.2. The molecule has 1 fully saturated rings. The molecule has 1 aromatic heterocycles. The number of hydrogen-bond acceptors (Lipinski definition) is 7. The molecule has 2 aromatic carbocycles. The fraction of sp³-hybridized carbons (Fsp3) is 0.323. The number of nitrogens with one attached hydrogen (secondary N) is 2. The predicted molar refractivity (Wildman–Crippen MR) is 163 cm³/mol. The molecule has 0 saturated carbocycles. The number of carbonyl (C=O) groups excluding carboxylic acids is 1. The summed E-state index contributed by atoms with van der Waals surface area (Å²) in [5.41, 5.74) is 0.566. The van der Waals surface area contributed by atoms with E-state index in [1.165, 1.54) is 31.3 Å². The number of anilines is 3. The van der Waals surface area contributed by atoms with Crippen LogP contribution in [0, 0.1) is 24.0 Å². The van der Waals surface area contributed by atoms with Gasteiger partial charge in [-0.1, -0.05) is 24.2 Å². The third kappa shape index (κ3) is 5.06. The van der Waals surface area contributed by atoms with Crippen molar-refractivity contribution in [1.29, 1.82) is 5.41 Å². The highest BCUT2D eigenvalue weighted by Gasteiger charge is 2.42. The van der Waals surface area contributed by atoms with Crippen molar-refractivity contribution in [3.05, 3.63) is 76.6 Å². The van der Waals surface area contributed by atoms with Gasteiger partial charge in [0.15, 0.2) is 5.82 Å². The first-order valence-electron chi connectivity index (χ1n) is 13.8. The van der Waals surface area contributed by atoms with Crippen LogP contribution >= 0.6 is 11.6 Å². The average molecular weight is 611 g/mol. The summed E-state index contributed by atoms with van der Waals surface area (Å²) in [5.74, 6) is -2.66. The van der Waals surface area contributed by atoms with Gasteiger partial charge in [0.1, 0.15) is 17.4 Å². The van der Waals surface area contributed by atoms with Crippen LogP contribution < -0.4 is 10.2 Å². The smallest absolute Gasteiger partial charge is 0.246 e. The van der Waals surface area contributed by atoms with Gasteiger partial charge in [0.25, 0.3) is 0 Å². The van der Waals surface area contributed by atoms with E-state index >= 15 is 8.78 Å². The van der Waals surface area contributed by atoms with Crippen LogP contribution in [-0.4, -0.2) is 75.5 Å². The lowest BCUT2D eigenvalue weighted by molar-refractivity contribution is -0.129. The number of piperazine rings is 1. The van der Waals surface area contributed by atoms with Crippen LogP contribution in [0.4, 0.5) is 25.8 Å². The van der Waals surface area contributed by atoms with E-state index in [9.17, 15) is 20.4 Å². The van der Waals surface area contributed by atoms with Crippen molar-refractivity contribution in [3.63, 3.8) is 0 Å². The van der Waals surface area contributed by atoms with Gasteiger partial charge >= 0.3 is 0 Å². The standard InChI is InChI=1S/C31H33ClF2N6O3/c1-6-21(43)39-12-16(3)40-18(14-39)13-38(5)30-24(31(40)35)29(37-27-15(2)10-11-36-28(27)17(4)41)26(34)23(25(30)32)22-19(33)8-7-9-20(22)42/h6-11,16-18,35,37,41-42H,1,12-14H2,2-5H3. The lowest BCUT2D eigenvalue weighted by atomic mass is 9.95. The average Bonchev–Trinajstić information content (AvgIpc) is 3.06. The fourth-order valence-electron chi connectivity index (χ4n) is 6.13. The normalized spacial score (nSPS) is 19.0. The molecule has 0 aliphatic carbocycles. The van der Waals surface area contributed by atoms with Gasteiger partial charge in [-0.25, -0.2) is 8.78 Å². The molecule has 0 bridgehead atoms. The summed E-state index contributed by atoms with van der Waals surface area (Å²) in [7, 11) is 1.73. The number of nitrogens with zero attached hydrogens (tertiary/aromatic N) is 4. The number of amides is 1. The van der Waals surface area contributed by atoms with Gasteiger partial charge in [-0.05, 0) is 50.6 Å². The largest absolute Gasteiger partial charge is 0.507 e. The number of amidine groups is 1. The summed E-state index contributed by atoms with van der Waals surface area (Å²) in [4.78, 5) is 22.1. The number of fused-ring (bicyclic) bond motifs is 2.